The lowest BCUT2D eigenvalue weighted by atomic mass is 10.1. The minimum Gasteiger partial charge on any atom is -0.325 e. The molecule has 1 aliphatic heterocycles. The molecular formula is C23H30N2O3S. The molecule has 2 aromatic carbocycles. The van der Waals surface area contributed by atoms with Crippen molar-refractivity contribution >= 4 is 21.4 Å². The SMILES string of the molecule is CC(C)(C)S(=O)(=O)Cc1cccc(NC(=O)C2CCCN2Cc2ccccc2)c1. The molecule has 6 heteroatoms. The van der Waals surface area contributed by atoms with E-state index in [9.17, 15) is 13.2 Å². The molecule has 1 unspecified atom stereocenters. The van der Waals surface area contributed by atoms with E-state index < -0.39 is 14.6 Å². The summed E-state index contributed by atoms with van der Waals surface area (Å²) in [5.41, 5.74) is 2.52. The summed E-state index contributed by atoms with van der Waals surface area (Å²) in [7, 11) is -3.28. The zero-order valence-electron chi connectivity index (χ0n) is 17.4. The van der Waals surface area contributed by atoms with Crippen LogP contribution in [0.4, 0.5) is 5.69 Å². The Bertz CT molecular complexity index is 950. The van der Waals surface area contributed by atoms with E-state index >= 15 is 0 Å². The molecule has 1 heterocycles. The largest absolute Gasteiger partial charge is 0.325 e. The van der Waals surface area contributed by atoms with Crippen LogP contribution in [-0.2, 0) is 26.9 Å². The molecule has 29 heavy (non-hydrogen) atoms. The fraction of sp³-hybridized carbons (Fsp3) is 0.435. The number of carbonyl (C=O) groups excluding carboxylic acids is 1. The van der Waals surface area contributed by atoms with E-state index in [1.165, 1.54) is 5.56 Å². The second kappa shape index (κ2) is 8.67. The summed E-state index contributed by atoms with van der Waals surface area (Å²) in [5, 5.41) is 2.99. The van der Waals surface area contributed by atoms with Gasteiger partial charge < -0.3 is 5.32 Å². The van der Waals surface area contributed by atoms with E-state index in [2.05, 4.69) is 22.3 Å². The normalized spacial score (nSPS) is 18.0. The molecule has 1 saturated heterocycles. The number of nitrogens with zero attached hydrogens (tertiary/aromatic N) is 1. The third kappa shape index (κ3) is 5.46. The summed E-state index contributed by atoms with van der Waals surface area (Å²) >= 11 is 0. The highest BCUT2D eigenvalue weighted by Crippen LogP contribution is 2.24. The molecule has 1 amide bonds. The third-order valence-electron chi connectivity index (χ3n) is 5.38. The van der Waals surface area contributed by atoms with Gasteiger partial charge in [0.1, 0.15) is 0 Å². The maximum absolute atomic E-state index is 12.9. The van der Waals surface area contributed by atoms with Crippen molar-refractivity contribution in [1.82, 2.24) is 4.90 Å². The van der Waals surface area contributed by atoms with Gasteiger partial charge in [0.25, 0.3) is 0 Å². The van der Waals surface area contributed by atoms with Crippen molar-refractivity contribution in [2.45, 2.75) is 56.7 Å². The van der Waals surface area contributed by atoms with Gasteiger partial charge in [-0.25, -0.2) is 8.42 Å². The van der Waals surface area contributed by atoms with Gasteiger partial charge in [0, 0.05) is 12.2 Å². The second-order valence-corrected chi connectivity index (χ2v) is 11.4. The van der Waals surface area contributed by atoms with Crippen LogP contribution in [0.1, 0.15) is 44.7 Å². The summed E-state index contributed by atoms with van der Waals surface area (Å²) in [6, 6.07) is 17.1. The molecule has 1 atom stereocenters. The molecule has 0 radical (unpaired) electrons. The van der Waals surface area contributed by atoms with Crippen LogP contribution in [0.15, 0.2) is 54.6 Å². The molecular weight excluding hydrogens is 384 g/mol. The first-order valence-electron chi connectivity index (χ1n) is 10.1. The van der Waals surface area contributed by atoms with Crippen LogP contribution in [0.5, 0.6) is 0 Å². The second-order valence-electron chi connectivity index (χ2n) is 8.68. The summed E-state index contributed by atoms with van der Waals surface area (Å²) < 4.78 is 24.2. The molecule has 1 N–H and O–H groups in total. The van der Waals surface area contributed by atoms with Crippen molar-refractivity contribution in [1.29, 1.82) is 0 Å². The number of amides is 1. The van der Waals surface area contributed by atoms with Gasteiger partial charge >= 0.3 is 0 Å². The maximum Gasteiger partial charge on any atom is 0.241 e. The molecule has 0 saturated carbocycles. The molecule has 0 bridgehead atoms. The number of anilines is 1. The summed E-state index contributed by atoms with van der Waals surface area (Å²) in [4.78, 5) is 15.1. The minimum absolute atomic E-state index is 0.0331. The Morgan fingerprint density at radius 1 is 1.07 bits per heavy atom. The van der Waals surface area contributed by atoms with Crippen LogP contribution in [0, 0.1) is 0 Å². The van der Waals surface area contributed by atoms with Crippen molar-refractivity contribution in [3.05, 3.63) is 65.7 Å². The zero-order valence-corrected chi connectivity index (χ0v) is 18.2. The maximum atomic E-state index is 12.9. The predicted molar refractivity (Wildman–Crippen MR) is 117 cm³/mol. The van der Waals surface area contributed by atoms with Crippen LogP contribution in [0.2, 0.25) is 0 Å². The smallest absolute Gasteiger partial charge is 0.241 e. The number of benzene rings is 2. The van der Waals surface area contributed by atoms with Crippen molar-refractivity contribution in [2.24, 2.45) is 0 Å². The zero-order chi connectivity index (χ0) is 21.1. The average Bonchev–Trinajstić information content (AvgIpc) is 3.10. The Labute approximate surface area is 174 Å². The Morgan fingerprint density at radius 3 is 2.45 bits per heavy atom. The molecule has 3 rings (SSSR count). The number of nitrogens with one attached hydrogen (secondary N) is 1. The molecule has 1 aliphatic rings. The van der Waals surface area contributed by atoms with Crippen LogP contribution in [0.3, 0.4) is 0 Å². The van der Waals surface area contributed by atoms with Gasteiger partial charge in [-0.1, -0.05) is 42.5 Å². The quantitative estimate of drug-likeness (QED) is 0.776. The number of carbonyl (C=O) groups is 1. The first kappa shape index (κ1) is 21.5. The van der Waals surface area contributed by atoms with Crippen molar-refractivity contribution in [3.63, 3.8) is 0 Å². The number of sulfone groups is 1. The van der Waals surface area contributed by atoms with E-state index in [4.69, 9.17) is 0 Å². The first-order chi connectivity index (χ1) is 13.7. The van der Waals surface area contributed by atoms with Gasteiger partial charge in [-0.2, -0.15) is 0 Å². The highest BCUT2D eigenvalue weighted by Gasteiger charge is 2.31. The van der Waals surface area contributed by atoms with Gasteiger partial charge in [-0.15, -0.1) is 0 Å². The van der Waals surface area contributed by atoms with Crippen LogP contribution in [-0.4, -0.2) is 36.6 Å². The lowest BCUT2D eigenvalue weighted by Gasteiger charge is -2.24. The number of likely N-dealkylation sites (tertiary alicyclic amines) is 1. The predicted octanol–water partition coefficient (Wildman–Crippen LogP) is 4.00. The van der Waals surface area contributed by atoms with Crippen LogP contribution >= 0.6 is 0 Å². The summed E-state index contributed by atoms with van der Waals surface area (Å²) in [5.74, 6) is -0.0710. The van der Waals surface area contributed by atoms with E-state index in [1.807, 2.05) is 24.3 Å². The van der Waals surface area contributed by atoms with Gasteiger partial charge in [0.05, 0.1) is 16.5 Å². The molecule has 0 aliphatic carbocycles. The fourth-order valence-electron chi connectivity index (χ4n) is 3.53. The average molecular weight is 415 g/mol. The van der Waals surface area contributed by atoms with Gasteiger partial charge in [0.2, 0.25) is 5.91 Å². The van der Waals surface area contributed by atoms with E-state index in [0.29, 0.717) is 11.3 Å². The monoisotopic (exact) mass is 414 g/mol. The van der Waals surface area contributed by atoms with Gasteiger partial charge in [-0.05, 0) is 63.4 Å². The van der Waals surface area contributed by atoms with Crippen molar-refractivity contribution in [3.8, 4) is 0 Å². The Balaban J connectivity index is 1.67. The number of rotatable bonds is 6. The van der Waals surface area contributed by atoms with Crippen LogP contribution in [0.25, 0.3) is 0 Å². The van der Waals surface area contributed by atoms with Gasteiger partial charge in [0.15, 0.2) is 9.84 Å². The van der Waals surface area contributed by atoms with Crippen LogP contribution < -0.4 is 5.32 Å². The van der Waals surface area contributed by atoms with E-state index in [0.717, 1.165) is 25.9 Å². The Hall–Kier alpha value is -2.18. The standard InChI is InChI=1S/C23H30N2O3S/c1-23(2,3)29(27,28)17-19-11-7-12-20(15-19)24-22(26)21-13-8-14-25(21)16-18-9-5-4-6-10-18/h4-7,9-12,15,21H,8,13-14,16-17H2,1-3H3,(H,24,26). The topological polar surface area (TPSA) is 66.5 Å². The summed E-state index contributed by atoms with van der Waals surface area (Å²) in [6.07, 6.45) is 1.82. The molecule has 156 valence electrons. The highest BCUT2D eigenvalue weighted by atomic mass is 32.2. The third-order valence-corrected chi connectivity index (χ3v) is 7.96. The number of hydrogen-bond donors (Lipinski definition) is 1. The molecule has 1 fully saturated rings. The summed E-state index contributed by atoms with van der Waals surface area (Å²) in [6.45, 7) is 6.76. The molecule has 2 aromatic rings. The first-order valence-corrected chi connectivity index (χ1v) is 11.7. The Morgan fingerprint density at radius 2 is 1.76 bits per heavy atom. The van der Waals surface area contributed by atoms with Crippen molar-refractivity contribution < 1.29 is 13.2 Å². The molecule has 0 aromatic heterocycles. The minimum atomic E-state index is -3.28. The number of hydrogen-bond acceptors (Lipinski definition) is 4. The molecule has 5 nitrogen and oxygen atoms in total. The van der Waals surface area contributed by atoms with Gasteiger partial charge in [-0.3, -0.25) is 9.69 Å². The lowest BCUT2D eigenvalue weighted by molar-refractivity contribution is -0.120. The Kier molecular flexibility index (Phi) is 6.44. The molecule has 0 spiro atoms. The van der Waals surface area contributed by atoms with Crippen molar-refractivity contribution in [2.75, 3.05) is 11.9 Å². The highest BCUT2D eigenvalue weighted by molar-refractivity contribution is 7.91. The van der Waals surface area contributed by atoms with E-state index in [1.54, 1.807) is 39.0 Å². The fourth-order valence-corrected chi connectivity index (χ4v) is 4.58. The van der Waals surface area contributed by atoms with E-state index in [-0.39, 0.29) is 17.7 Å². The lowest BCUT2D eigenvalue weighted by Crippen LogP contribution is -2.39.